The number of hydrogen-bond donors (Lipinski definition) is 3. The van der Waals surface area contributed by atoms with E-state index in [4.69, 9.17) is 9.29 Å². The monoisotopic (exact) mass is 569 g/mol. The van der Waals surface area contributed by atoms with Crippen LogP contribution in [0.2, 0.25) is 0 Å². The molecule has 5 rings (SSSR count). The van der Waals surface area contributed by atoms with E-state index in [9.17, 15) is 23.4 Å². The first-order valence-corrected chi connectivity index (χ1v) is 15.2. The highest BCUT2D eigenvalue weighted by Crippen LogP contribution is 2.41. The van der Waals surface area contributed by atoms with Crippen LogP contribution in [0.4, 0.5) is 0 Å². The van der Waals surface area contributed by atoms with Crippen molar-refractivity contribution < 1.29 is 32.7 Å². The summed E-state index contributed by atoms with van der Waals surface area (Å²) in [6.07, 6.45) is 4.56. The van der Waals surface area contributed by atoms with Gasteiger partial charge in [-0.05, 0) is 98.2 Å². The molecule has 0 radical (unpaired) electrons. The Hall–Kier alpha value is -3.44. The van der Waals surface area contributed by atoms with E-state index in [1.54, 1.807) is 42.5 Å². The lowest BCUT2D eigenvalue weighted by molar-refractivity contribution is 0.104. The van der Waals surface area contributed by atoms with Crippen molar-refractivity contribution in [1.29, 1.82) is 0 Å². The molecule has 0 amide bonds. The van der Waals surface area contributed by atoms with Crippen molar-refractivity contribution in [2.45, 2.75) is 19.3 Å². The third kappa shape index (κ3) is 8.03. The molecule has 3 N–H and O–H groups in total. The van der Waals surface area contributed by atoms with Gasteiger partial charge >= 0.3 is 0 Å². The molecule has 1 aliphatic rings. The minimum absolute atomic E-state index is 0.0834. The van der Waals surface area contributed by atoms with E-state index in [0.717, 1.165) is 45.9 Å². The molecule has 39 heavy (non-hydrogen) atoms. The topological polar surface area (TPSA) is 124 Å². The molecule has 8 nitrogen and oxygen atoms in total. The molecule has 206 valence electrons. The first-order chi connectivity index (χ1) is 18.6. The van der Waals surface area contributed by atoms with Crippen molar-refractivity contribution in [2.24, 2.45) is 0 Å². The lowest BCUT2D eigenvalue weighted by Gasteiger charge is -2.26. The Bertz CT molecular complexity index is 1510. The minimum atomic E-state index is -3.67. The van der Waals surface area contributed by atoms with Crippen molar-refractivity contribution in [3.63, 3.8) is 0 Å². The maximum atomic E-state index is 13.6. The number of ether oxygens (including phenoxy) is 1. The van der Waals surface area contributed by atoms with Crippen LogP contribution in [0.5, 0.6) is 17.2 Å². The summed E-state index contributed by atoms with van der Waals surface area (Å²) < 4.78 is 32.6. The number of carbonyl (C=O) groups excluding carboxylic acids is 1. The number of nitrogens with zero attached hydrogens (tertiary/aromatic N) is 1. The zero-order chi connectivity index (χ0) is 28.0. The van der Waals surface area contributed by atoms with Crippen LogP contribution >= 0.6 is 11.3 Å². The van der Waals surface area contributed by atoms with Gasteiger partial charge in [0, 0.05) is 32.6 Å². The first-order valence-electron chi connectivity index (χ1n) is 12.6. The molecule has 1 aromatic heterocycles. The highest BCUT2D eigenvalue weighted by molar-refractivity contribution is 7.85. The summed E-state index contributed by atoms with van der Waals surface area (Å²) in [7, 11) is -3.67. The van der Waals surface area contributed by atoms with Crippen molar-refractivity contribution in [3.8, 4) is 27.7 Å². The molecule has 0 aliphatic carbocycles. The number of ketones is 1. The normalized spacial score (nSPS) is 14.0. The number of thiophene rings is 1. The second kappa shape index (κ2) is 12.6. The number of benzene rings is 3. The fraction of sp³-hybridized carbons (Fsp3) is 0.276. The molecule has 4 aromatic rings. The standard InChI is InChI=1S/C28H27NO4S.CH4O3S/c30-21-8-4-20(5-9-21)28-26(24-13-10-22(31)18-25(24)34-28)27(32)19-6-11-23(12-7-19)33-17-16-29-14-2-1-3-15-29;1-5(2,3)4/h4-13,18,30-31H,1-3,14-17H2;1H3,(H,2,3,4). The van der Waals surface area contributed by atoms with Gasteiger partial charge in [0.05, 0.1) is 6.26 Å². The number of carbonyl (C=O) groups is 1. The number of rotatable bonds is 7. The summed E-state index contributed by atoms with van der Waals surface area (Å²) in [4.78, 5) is 16.9. The number of phenolic OH excluding ortho intramolecular Hbond substituents is 2. The smallest absolute Gasteiger partial charge is 0.261 e. The maximum Gasteiger partial charge on any atom is 0.261 e. The average Bonchev–Trinajstić information content (AvgIpc) is 3.27. The molecular weight excluding hydrogens is 538 g/mol. The van der Waals surface area contributed by atoms with Gasteiger partial charge in [-0.3, -0.25) is 14.2 Å². The van der Waals surface area contributed by atoms with Gasteiger partial charge < -0.3 is 14.9 Å². The van der Waals surface area contributed by atoms with Gasteiger partial charge in [0.25, 0.3) is 10.1 Å². The Morgan fingerprint density at radius 1 is 0.923 bits per heavy atom. The summed E-state index contributed by atoms with van der Waals surface area (Å²) in [5.41, 5.74) is 2.03. The number of likely N-dealkylation sites (tertiary alicyclic amines) is 1. The predicted molar refractivity (Wildman–Crippen MR) is 154 cm³/mol. The average molecular weight is 570 g/mol. The van der Waals surface area contributed by atoms with Crippen LogP contribution in [0.25, 0.3) is 20.5 Å². The zero-order valence-corrected chi connectivity index (χ0v) is 23.2. The number of fused-ring (bicyclic) bond motifs is 1. The summed E-state index contributed by atoms with van der Waals surface area (Å²) in [6, 6.07) is 19.2. The van der Waals surface area contributed by atoms with Gasteiger partial charge in [-0.1, -0.05) is 6.42 Å². The molecule has 0 bridgehead atoms. The maximum absolute atomic E-state index is 13.6. The van der Waals surface area contributed by atoms with E-state index in [1.165, 1.54) is 30.6 Å². The van der Waals surface area contributed by atoms with E-state index >= 15 is 0 Å². The third-order valence-corrected chi connectivity index (χ3v) is 7.47. The molecule has 0 unspecified atom stereocenters. The number of aromatic hydroxyl groups is 2. The summed E-state index contributed by atoms with van der Waals surface area (Å²) in [5.74, 6) is 1.01. The largest absolute Gasteiger partial charge is 0.508 e. The first kappa shape index (κ1) is 28.6. The summed E-state index contributed by atoms with van der Waals surface area (Å²) in [6.45, 7) is 3.85. The predicted octanol–water partition coefficient (Wildman–Crippen LogP) is 5.58. The fourth-order valence-electron chi connectivity index (χ4n) is 4.45. The van der Waals surface area contributed by atoms with Crippen molar-refractivity contribution in [3.05, 3.63) is 77.9 Å². The van der Waals surface area contributed by atoms with Crippen molar-refractivity contribution in [2.75, 3.05) is 32.5 Å². The quantitative estimate of drug-likeness (QED) is 0.195. The third-order valence-electron chi connectivity index (χ3n) is 6.27. The van der Waals surface area contributed by atoms with Crippen LogP contribution in [0.3, 0.4) is 0 Å². The van der Waals surface area contributed by atoms with Gasteiger partial charge in [0.2, 0.25) is 0 Å². The highest BCUT2D eigenvalue weighted by atomic mass is 32.2. The molecule has 3 aromatic carbocycles. The minimum Gasteiger partial charge on any atom is -0.508 e. The van der Waals surface area contributed by atoms with E-state index in [-0.39, 0.29) is 17.3 Å². The van der Waals surface area contributed by atoms with Crippen LogP contribution in [-0.2, 0) is 10.1 Å². The lowest BCUT2D eigenvalue weighted by Crippen LogP contribution is -2.33. The molecule has 1 aliphatic heterocycles. The van der Waals surface area contributed by atoms with Crippen molar-refractivity contribution in [1.82, 2.24) is 4.90 Å². The van der Waals surface area contributed by atoms with Crippen molar-refractivity contribution >= 4 is 37.3 Å². The number of piperidine rings is 1. The van der Waals surface area contributed by atoms with Gasteiger partial charge in [0.1, 0.15) is 23.9 Å². The molecule has 1 saturated heterocycles. The Morgan fingerprint density at radius 2 is 1.54 bits per heavy atom. The van der Waals surface area contributed by atoms with Crippen LogP contribution in [0.1, 0.15) is 35.2 Å². The van der Waals surface area contributed by atoms with Crippen LogP contribution in [-0.4, -0.2) is 66.4 Å². The fourth-order valence-corrected chi connectivity index (χ4v) is 5.69. The van der Waals surface area contributed by atoms with Crippen LogP contribution < -0.4 is 4.74 Å². The van der Waals surface area contributed by atoms with E-state index in [0.29, 0.717) is 24.0 Å². The highest BCUT2D eigenvalue weighted by Gasteiger charge is 2.22. The second-order valence-corrected chi connectivity index (χ2v) is 11.9. The number of hydrogen-bond acceptors (Lipinski definition) is 8. The lowest BCUT2D eigenvalue weighted by atomic mass is 9.97. The molecule has 10 heteroatoms. The zero-order valence-electron chi connectivity index (χ0n) is 21.5. The Balaban J connectivity index is 0.000000648. The molecule has 1 fully saturated rings. The van der Waals surface area contributed by atoms with E-state index in [1.807, 2.05) is 24.3 Å². The van der Waals surface area contributed by atoms with Crippen LogP contribution in [0, 0.1) is 0 Å². The molecule has 2 heterocycles. The molecule has 0 spiro atoms. The van der Waals surface area contributed by atoms with Gasteiger partial charge in [-0.15, -0.1) is 11.3 Å². The second-order valence-electron chi connectivity index (χ2n) is 9.37. The van der Waals surface area contributed by atoms with Gasteiger partial charge in [0.15, 0.2) is 5.78 Å². The van der Waals surface area contributed by atoms with E-state index < -0.39 is 10.1 Å². The van der Waals surface area contributed by atoms with Gasteiger partial charge in [-0.2, -0.15) is 8.42 Å². The Kier molecular flexibility index (Phi) is 9.24. The molecular formula is C29H31NO7S2. The SMILES string of the molecule is CS(=O)(=O)O.O=C(c1ccc(OCCN2CCCCC2)cc1)c1c(-c2ccc(O)cc2)sc2cc(O)ccc12. The van der Waals surface area contributed by atoms with Gasteiger partial charge in [-0.25, -0.2) is 0 Å². The summed E-state index contributed by atoms with van der Waals surface area (Å²) in [5, 5.41) is 20.4. The molecule has 0 saturated carbocycles. The summed E-state index contributed by atoms with van der Waals surface area (Å²) >= 11 is 1.46. The Labute approximate surface area is 231 Å². The molecule has 0 atom stereocenters. The number of phenols is 2. The van der Waals surface area contributed by atoms with Crippen LogP contribution in [0.15, 0.2) is 66.7 Å². The Morgan fingerprint density at radius 3 is 2.18 bits per heavy atom. The van der Waals surface area contributed by atoms with E-state index in [2.05, 4.69) is 4.90 Å².